The fraction of sp³-hybridized carbons (Fsp3) is 0.462. The van der Waals surface area contributed by atoms with Gasteiger partial charge in [-0.15, -0.1) is 0 Å². The van der Waals surface area contributed by atoms with Crippen molar-refractivity contribution in [1.82, 2.24) is 0 Å². The molecule has 1 rings (SSSR count). The van der Waals surface area contributed by atoms with Gasteiger partial charge < -0.3 is 14.6 Å². The molecule has 0 heterocycles. The number of rotatable bonds is 6. The average molecular weight is 238 g/mol. The number of hydrogen-bond donors (Lipinski definition) is 1. The number of aromatic hydroxyl groups is 1. The van der Waals surface area contributed by atoms with Gasteiger partial charge in [-0.2, -0.15) is 0 Å². The van der Waals surface area contributed by atoms with Gasteiger partial charge in [0.05, 0.1) is 24.9 Å². The van der Waals surface area contributed by atoms with Crippen LogP contribution in [0.2, 0.25) is 0 Å². The minimum atomic E-state index is -0.380. The van der Waals surface area contributed by atoms with Crippen molar-refractivity contribution in [3.05, 3.63) is 29.8 Å². The minimum Gasteiger partial charge on any atom is -0.508 e. The van der Waals surface area contributed by atoms with Crippen LogP contribution >= 0.6 is 0 Å². The Labute approximate surface area is 101 Å². The standard InChI is InChI=1S/C13H18O4/c1-10(2)16-8-3-9-17-13(15)11-4-6-12(14)7-5-11/h4-7,10,14H,3,8-9H2,1-2H3. The first-order valence-corrected chi connectivity index (χ1v) is 5.67. The van der Waals surface area contributed by atoms with E-state index in [1.807, 2.05) is 13.8 Å². The van der Waals surface area contributed by atoms with Gasteiger partial charge in [0.2, 0.25) is 0 Å². The van der Waals surface area contributed by atoms with Crippen molar-refractivity contribution in [3.63, 3.8) is 0 Å². The lowest BCUT2D eigenvalue weighted by atomic mass is 10.2. The average Bonchev–Trinajstić information content (AvgIpc) is 2.29. The molecule has 1 aromatic rings. The van der Waals surface area contributed by atoms with Gasteiger partial charge in [-0.05, 0) is 38.1 Å². The maximum atomic E-state index is 11.5. The molecule has 17 heavy (non-hydrogen) atoms. The highest BCUT2D eigenvalue weighted by Gasteiger charge is 2.06. The van der Waals surface area contributed by atoms with E-state index in [0.29, 0.717) is 25.2 Å². The molecule has 0 spiro atoms. The zero-order valence-corrected chi connectivity index (χ0v) is 10.2. The van der Waals surface area contributed by atoms with Crippen molar-refractivity contribution in [2.45, 2.75) is 26.4 Å². The van der Waals surface area contributed by atoms with E-state index in [1.54, 1.807) is 0 Å². The van der Waals surface area contributed by atoms with E-state index < -0.39 is 0 Å². The zero-order chi connectivity index (χ0) is 12.7. The molecule has 0 aliphatic heterocycles. The Morgan fingerprint density at radius 1 is 1.24 bits per heavy atom. The van der Waals surface area contributed by atoms with Crippen LogP contribution in [-0.2, 0) is 9.47 Å². The van der Waals surface area contributed by atoms with Crippen LogP contribution in [0.25, 0.3) is 0 Å². The summed E-state index contributed by atoms with van der Waals surface area (Å²) in [4.78, 5) is 11.5. The van der Waals surface area contributed by atoms with Crippen molar-refractivity contribution in [1.29, 1.82) is 0 Å². The van der Waals surface area contributed by atoms with Crippen LogP contribution in [0.15, 0.2) is 24.3 Å². The first kappa shape index (κ1) is 13.5. The Balaban J connectivity index is 2.23. The summed E-state index contributed by atoms with van der Waals surface area (Å²) in [6, 6.07) is 5.97. The fourth-order valence-corrected chi connectivity index (χ4v) is 1.22. The number of esters is 1. The highest BCUT2D eigenvalue weighted by atomic mass is 16.5. The first-order chi connectivity index (χ1) is 8.09. The van der Waals surface area contributed by atoms with Crippen molar-refractivity contribution in [3.8, 4) is 5.75 Å². The van der Waals surface area contributed by atoms with E-state index in [2.05, 4.69) is 0 Å². The molecule has 0 unspecified atom stereocenters. The Bertz CT molecular complexity index is 343. The van der Waals surface area contributed by atoms with Crippen LogP contribution in [0.4, 0.5) is 0 Å². The number of phenols is 1. The monoisotopic (exact) mass is 238 g/mol. The Morgan fingerprint density at radius 2 is 1.88 bits per heavy atom. The molecule has 0 aliphatic carbocycles. The topological polar surface area (TPSA) is 55.8 Å². The zero-order valence-electron chi connectivity index (χ0n) is 10.2. The summed E-state index contributed by atoms with van der Waals surface area (Å²) in [5.41, 5.74) is 0.438. The third-order valence-electron chi connectivity index (χ3n) is 2.08. The summed E-state index contributed by atoms with van der Waals surface area (Å²) >= 11 is 0. The summed E-state index contributed by atoms with van der Waals surface area (Å²) in [5, 5.41) is 9.07. The molecule has 0 atom stereocenters. The van der Waals surface area contributed by atoms with Crippen LogP contribution < -0.4 is 0 Å². The van der Waals surface area contributed by atoms with Gasteiger partial charge in [0.25, 0.3) is 0 Å². The van der Waals surface area contributed by atoms with E-state index in [0.717, 1.165) is 0 Å². The van der Waals surface area contributed by atoms with Gasteiger partial charge in [0.1, 0.15) is 5.75 Å². The second kappa shape index (κ2) is 6.91. The van der Waals surface area contributed by atoms with Gasteiger partial charge in [-0.1, -0.05) is 0 Å². The number of ether oxygens (including phenoxy) is 2. The van der Waals surface area contributed by atoms with E-state index in [9.17, 15) is 4.79 Å². The van der Waals surface area contributed by atoms with Crippen molar-refractivity contribution < 1.29 is 19.4 Å². The Hall–Kier alpha value is -1.55. The summed E-state index contributed by atoms with van der Waals surface area (Å²) < 4.78 is 10.4. The molecule has 4 nitrogen and oxygen atoms in total. The SMILES string of the molecule is CC(C)OCCCOC(=O)c1ccc(O)cc1. The lowest BCUT2D eigenvalue weighted by Crippen LogP contribution is -2.10. The first-order valence-electron chi connectivity index (χ1n) is 5.67. The van der Waals surface area contributed by atoms with E-state index in [1.165, 1.54) is 24.3 Å². The predicted octanol–water partition coefficient (Wildman–Crippen LogP) is 2.36. The lowest BCUT2D eigenvalue weighted by Gasteiger charge is -2.08. The van der Waals surface area contributed by atoms with Crippen LogP contribution in [0.5, 0.6) is 5.75 Å². The molecule has 4 heteroatoms. The molecule has 0 saturated carbocycles. The highest BCUT2D eigenvalue weighted by Crippen LogP contribution is 2.10. The third kappa shape index (κ3) is 5.36. The van der Waals surface area contributed by atoms with Gasteiger partial charge in [0, 0.05) is 6.42 Å². The van der Waals surface area contributed by atoms with Crippen LogP contribution in [0, 0.1) is 0 Å². The van der Waals surface area contributed by atoms with Gasteiger partial charge in [-0.25, -0.2) is 4.79 Å². The summed E-state index contributed by atoms with van der Waals surface area (Å²) in [7, 11) is 0. The van der Waals surface area contributed by atoms with E-state index in [4.69, 9.17) is 14.6 Å². The largest absolute Gasteiger partial charge is 0.508 e. The summed E-state index contributed by atoms with van der Waals surface area (Å²) in [6.07, 6.45) is 0.880. The van der Waals surface area contributed by atoms with Gasteiger partial charge in [0.15, 0.2) is 0 Å². The van der Waals surface area contributed by atoms with Crippen molar-refractivity contribution in [2.24, 2.45) is 0 Å². The normalized spacial score (nSPS) is 10.5. The number of benzene rings is 1. The second-order valence-corrected chi connectivity index (χ2v) is 3.96. The second-order valence-electron chi connectivity index (χ2n) is 3.96. The van der Waals surface area contributed by atoms with Crippen LogP contribution in [0.1, 0.15) is 30.6 Å². The molecular formula is C13H18O4. The highest BCUT2D eigenvalue weighted by molar-refractivity contribution is 5.89. The molecule has 1 N–H and O–H groups in total. The maximum Gasteiger partial charge on any atom is 0.338 e. The smallest absolute Gasteiger partial charge is 0.338 e. The molecule has 0 aliphatic rings. The number of carbonyl (C=O) groups is 1. The molecule has 0 fully saturated rings. The maximum absolute atomic E-state index is 11.5. The molecule has 1 aromatic carbocycles. The van der Waals surface area contributed by atoms with Crippen LogP contribution in [-0.4, -0.2) is 30.4 Å². The molecule has 94 valence electrons. The van der Waals surface area contributed by atoms with Crippen molar-refractivity contribution in [2.75, 3.05) is 13.2 Å². The summed E-state index contributed by atoms with van der Waals surface area (Å²) in [6.45, 7) is 4.85. The van der Waals surface area contributed by atoms with Gasteiger partial charge in [-0.3, -0.25) is 0 Å². The van der Waals surface area contributed by atoms with Crippen molar-refractivity contribution >= 4 is 5.97 Å². The lowest BCUT2D eigenvalue weighted by molar-refractivity contribution is 0.0377. The molecule has 0 aromatic heterocycles. The molecular weight excluding hydrogens is 220 g/mol. The fourth-order valence-electron chi connectivity index (χ4n) is 1.22. The van der Waals surface area contributed by atoms with E-state index >= 15 is 0 Å². The Kier molecular flexibility index (Phi) is 5.49. The molecule has 0 radical (unpaired) electrons. The molecule has 0 amide bonds. The molecule has 0 bridgehead atoms. The quantitative estimate of drug-likeness (QED) is 0.610. The number of carbonyl (C=O) groups excluding carboxylic acids is 1. The minimum absolute atomic E-state index is 0.131. The Morgan fingerprint density at radius 3 is 2.47 bits per heavy atom. The third-order valence-corrected chi connectivity index (χ3v) is 2.08. The van der Waals surface area contributed by atoms with E-state index in [-0.39, 0.29) is 17.8 Å². The summed E-state index contributed by atoms with van der Waals surface area (Å²) in [5.74, 6) is -0.249. The van der Waals surface area contributed by atoms with Gasteiger partial charge >= 0.3 is 5.97 Å². The molecule has 0 saturated heterocycles. The number of phenolic OH excluding ortho intramolecular Hbond substituents is 1. The predicted molar refractivity (Wildman–Crippen MR) is 64.1 cm³/mol. The van der Waals surface area contributed by atoms with Crippen LogP contribution in [0.3, 0.4) is 0 Å². The number of hydrogen-bond acceptors (Lipinski definition) is 4.